The van der Waals surface area contributed by atoms with E-state index in [1.165, 1.54) is 12.1 Å². The van der Waals surface area contributed by atoms with E-state index >= 15 is 0 Å². The van der Waals surface area contributed by atoms with E-state index in [1.54, 1.807) is 38.1 Å². The van der Waals surface area contributed by atoms with Crippen molar-refractivity contribution in [3.8, 4) is 11.3 Å². The van der Waals surface area contributed by atoms with Gasteiger partial charge < -0.3 is 9.52 Å². The van der Waals surface area contributed by atoms with Crippen molar-refractivity contribution >= 4 is 51.9 Å². The Morgan fingerprint density at radius 1 is 1.41 bits per heavy atom. The highest BCUT2D eigenvalue weighted by Crippen LogP contribution is 2.36. The summed E-state index contributed by atoms with van der Waals surface area (Å²) in [5.41, 5.74) is 0.994. The molecular weight excluding hydrogens is 416 g/mol. The highest BCUT2D eigenvalue weighted by Gasteiger charge is 2.39. The van der Waals surface area contributed by atoms with Crippen LogP contribution in [0, 0.1) is 17.0 Å². The summed E-state index contributed by atoms with van der Waals surface area (Å²) >= 11 is 6.16. The number of furan rings is 1. The average molecular weight is 432 g/mol. The van der Waals surface area contributed by atoms with Gasteiger partial charge in [0.05, 0.1) is 15.4 Å². The first-order chi connectivity index (χ1) is 13.7. The van der Waals surface area contributed by atoms with Gasteiger partial charge in [-0.2, -0.15) is 0 Å². The van der Waals surface area contributed by atoms with Gasteiger partial charge in [0.2, 0.25) is 0 Å². The summed E-state index contributed by atoms with van der Waals surface area (Å²) in [5, 5.41) is 20.6. The lowest BCUT2D eigenvalue weighted by Crippen LogP contribution is -2.43. The van der Waals surface area contributed by atoms with Gasteiger partial charge in [-0.1, -0.05) is 37.0 Å². The molecule has 1 N–H and O–H groups in total. The summed E-state index contributed by atoms with van der Waals surface area (Å²) < 4.78 is 5.85. The number of carboxylic acids is 1. The minimum absolute atomic E-state index is 0.0792. The number of nitro groups is 1. The number of benzene rings is 1. The normalized spacial score (nSPS) is 16.5. The van der Waals surface area contributed by atoms with Crippen LogP contribution < -0.4 is 0 Å². The molecule has 2 heterocycles. The Hall–Kier alpha value is -2.98. The van der Waals surface area contributed by atoms with E-state index in [9.17, 15) is 24.8 Å². The van der Waals surface area contributed by atoms with Gasteiger partial charge in [0, 0.05) is 12.1 Å². The van der Waals surface area contributed by atoms with Crippen molar-refractivity contribution in [1.82, 2.24) is 4.90 Å². The summed E-state index contributed by atoms with van der Waals surface area (Å²) in [4.78, 5) is 36.2. The summed E-state index contributed by atoms with van der Waals surface area (Å²) in [7, 11) is 0. The third-order valence-corrected chi connectivity index (χ3v) is 5.65. The third kappa shape index (κ3) is 4.08. The van der Waals surface area contributed by atoms with Crippen LogP contribution in [0.15, 0.2) is 39.7 Å². The minimum Gasteiger partial charge on any atom is -0.480 e. The smallest absolute Gasteiger partial charge is 0.326 e. The largest absolute Gasteiger partial charge is 0.480 e. The zero-order chi connectivity index (χ0) is 21.3. The van der Waals surface area contributed by atoms with E-state index in [2.05, 4.69) is 0 Å². The van der Waals surface area contributed by atoms with Gasteiger partial charge in [-0.3, -0.25) is 19.8 Å². The van der Waals surface area contributed by atoms with Gasteiger partial charge in [0.15, 0.2) is 0 Å². The first-order valence-corrected chi connectivity index (χ1v) is 9.80. The number of aryl methyl sites for hydroxylation is 1. The number of thiocarbonyl (C=S) groups is 1. The van der Waals surface area contributed by atoms with Crippen molar-refractivity contribution in [2.75, 3.05) is 0 Å². The highest BCUT2D eigenvalue weighted by molar-refractivity contribution is 8.26. The van der Waals surface area contributed by atoms with Crippen molar-refractivity contribution in [2.45, 2.75) is 26.3 Å². The van der Waals surface area contributed by atoms with E-state index < -0.39 is 22.8 Å². The van der Waals surface area contributed by atoms with E-state index in [4.69, 9.17) is 16.6 Å². The van der Waals surface area contributed by atoms with E-state index in [0.717, 1.165) is 22.2 Å². The summed E-state index contributed by atoms with van der Waals surface area (Å²) in [6.45, 7) is 3.42. The molecule has 8 nitrogen and oxygen atoms in total. The molecule has 1 fully saturated rings. The molecule has 1 aliphatic heterocycles. The van der Waals surface area contributed by atoms with Crippen LogP contribution in [-0.2, 0) is 9.59 Å². The molecule has 1 atom stereocenters. The number of rotatable bonds is 6. The van der Waals surface area contributed by atoms with Gasteiger partial charge in [-0.05, 0) is 37.1 Å². The molecule has 10 heteroatoms. The molecule has 0 spiro atoms. The Morgan fingerprint density at radius 3 is 2.76 bits per heavy atom. The fourth-order valence-corrected chi connectivity index (χ4v) is 4.26. The lowest BCUT2D eigenvalue weighted by molar-refractivity contribution is -0.384. The molecule has 150 valence electrons. The Morgan fingerprint density at radius 2 is 2.14 bits per heavy atom. The summed E-state index contributed by atoms with van der Waals surface area (Å²) in [6.07, 6.45) is 1.68. The minimum atomic E-state index is -1.13. The van der Waals surface area contributed by atoms with Crippen molar-refractivity contribution in [1.29, 1.82) is 0 Å². The van der Waals surface area contributed by atoms with Crippen LogP contribution in [0.2, 0.25) is 0 Å². The molecule has 1 saturated heterocycles. The molecule has 0 bridgehead atoms. The Balaban J connectivity index is 1.92. The quantitative estimate of drug-likeness (QED) is 0.312. The maximum atomic E-state index is 12.6. The highest BCUT2D eigenvalue weighted by atomic mass is 32.2. The number of carboxylic acid groups (broad SMARTS) is 1. The van der Waals surface area contributed by atoms with Crippen molar-refractivity contribution in [2.24, 2.45) is 0 Å². The summed E-state index contributed by atoms with van der Waals surface area (Å²) in [5.74, 6) is -1.04. The summed E-state index contributed by atoms with van der Waals surface area (Å²) in [6, 6.07) is 6.94. The zero-order valence-electron chi connectivity index (χ0n) is 15.4. The Kier molecular flexibility index (Phi) is 5.85. The molecule has 29 heavy (non-hydrogen) atoms. The van der Waals surface area contributed by atoms with Gasteiger partial charge in [0.25, 0.3) is 11.6 Å². The molecule has 0 radical (unpaired) electrons. The van der Waals surface area contributed by atoms with Crippen molar-refractivity contribution in [3.63, 3.8) is 0 Å². The van der Waals surface area contributed by atoms with Gasteiger partial charge in [-0.25, -0.2) is 4.79 Å². The lowest BCUT2D eigenvalue weighted by Gasteiger charge is -2.21. The van der Waals surface area contributed by atoms with Crippen LogP contribution in [0.1, 0.15) is 24.7 Å². The fourth-order valence-electron chi connectivity index (χ4n) is 2.92. The monoisotopic (exact) mass is 432 g/mol. The molecule has 0 aliphatic carbocycles. The third-order valence-electron chi connectivity index (χ3n) is 4.32. The number of aliphatic carboxylic acids is 1. The number of nitrogens with zero attached hydrogens (tertiary/aromatic N) is 2. The lowest BCUT2D eigenvalue weighted by atomic mass is 10.1. The number of hydrogen-bond donors (Lipinski definition) is 1. The Labute approximate surface area is 175 Å². The standard InChI is InChI=1S/C19H16N2O6S2/c1-3-13(18(23)24)20-17(22)16(29-19(20)28)9-11-5-7-15(27-11)12-6-4-10(2)8-14(12)21(25)26/h4-9,13H,3H2,1-2H3,(H,23,24)/b16-9+/t13-/m1/s1. The molecule has 1 aromatic carbocycles. The van der Waals surface area contributed by atoms with Gasteiger partial charge in [-0.15, -0.1) is 0 Å². The molecule has 2 aromatic rings. The fraction of sp³-hybridized carbons (Fsp3) is 0.211. The van der Waals surface area contributed by atoms with Crippen LogP contribution in [0.4, 0.5) is 5.69 Å². The van der Waals surface area contributed by atoms with E-state index in [-0.39, 0.29) is 27.1 Å². The topological polar surface area (TPSA) is 114 Å². The molecular formula is C19H16N2O6S2. The number of carbonyl (C=O) groups excluding carboxylic acids is 1. The van der Waals surface area contributed by atoms with Gasteiger partial charge in [0.1, 0.15) is 21.9 Å². The van der Waals surface area contributed by atoms with Crippen LogP contribution in [0.5, 0.6) is 0 Å². The number of nitro benzene ring substituents is 1. The van der Waals surface area contributed by atoms with Crippen LogP contribution in [0.25, 0.3) is 17.4 Å². The predicted octanol–water partition coefficient (Wildman–Crippen LogP) is 4.23. The number of carbonyl (C=O) groups is 2. The molecule has 1 aliphatic rings. The SMILES string of the molecule is CC[C@H](C(=O)O)N1C(=O)/C(=C\c2ccc(-c3ccc(C)cc3[N+](=O)[O-])o2)SC1=S. The maximum absolute atomic E-state index is 12.6. The van der Waals surface area contributed by atoms with Crippen LogP contribution in [-0.4, -0.2) is 37.2 Å². The number of amides is 1. The van der Waals surface area contributed by atoms with Crippen molar-refractivity contribution in [3.05, 3.63) is 56.7 Å². The molecule has 0 unspecified atom stereocenters. The van der Waals surface area contributed by atoms with Crippen LogP contribution in [0.3, 0.4) is 0 Å². The molecule has 0 saturated carbocycles. The van der Waals surface area contributed by atoms with Crippen LogP contribution >= 0.6 is 24.0 Å². The first-order valence-electron chi connectivity index (χ1n) is 8.58. The Bertz CT molecular complexity index is 1060. The molecule has 3 rings (SSSR count). The molecule has 1 amide bonds. The number of hydrogen-bond acceptors (Lipinski definition) is 7. The predicted molar refractivity (Wildman–Crippen MR) is 112 cm³/mol. The van der Waals surface area contributed by atoms with E-state index in [0.29, 0.717) is 11.3 Å². The van der Waals surface area contributed by atoms with Crippen molar-refractivity contribution < 1.29 is 24.0 Å². The maximum Gasteiger partial charge on any atom is 0.326 e. The second kappa shape index (κ2) is 8.18. The van der Waals surface area contributed by atoms with E-state index in [1.807, 2.05) is 0 Å². The second-order valence-electron chi connectivity index (χ2n) is 6.29. The second-order valence-corrected chi connectivity index (χ2v) is 7.97. The van der Waals surface area contributed by atoms with Gasteiger partial charge >= 0.3 is 5.97 Å². The zero-order valence-corrected chi connectivity index (χ0v) is 17.1. The first kappa shape index (κ1) is 20.7. The average Bonchev–Trinajstić information content (AvgIpc) is 3.22. The molecule has 1 aromatic heterocycles. The number of thioether (sulfide) groups is 1.